The fraction of sp³-hybridized carbons (Fsp3) is 0.562. The highest BCUT2D eigenvalue weighted by atomic mass is 16.5. The summed E-state index contributed by atoms with van der Waals surface area (Å²) >= 11 is 0. The molecule has 3 atom stereocenters. The second-order valence-corrected chi connectivity index (χ2v) is 5.82. The molecule has 0 bridgehead atoms. The fourth-order valence-electron chi connectivity index (χ4n) is 2.94. The molecule has 0 spiro atoms. The number of rotatable bonds is 2. The van der Waals surface area contributed by atoms with Crippen LogP contribution < -0.4 is 10.6 Å². The Balaban J connectivity index is 1.63. The van der Waals surface area contributed by atoms with E-state index in [1.807, 2.05) is 18.2 Å². The molecular formula is C16H22N2O2. The van der Waals surface area contributed by atoms with Crippen LogP contribution in [0.15, 0.2) is 24.3 Å². The third-order valence-corrected chi connectivity index (χ3v) is 4.22. The van der Waals surface area contributed by atoms with Gasteiger partial charge in [-0.2, -0.15) is 0 Å². The number of carbonyl (C=O) groups is 1. The predicted molar refractivity (Wildman–Crippen MR) is 78.8 cm³/mol. The Hall–Kier alpha value is -1.39. The molecule has 1 saturated heterocycles. The zero-order chi connectivity index (χ0) is 13.9. The number of aryl methyl sites for hydroxylation is 1. The molecular weight excluding hydrogens is 252 g/mol. The number of para-hydroxylation sites is 1. The van der Waals surface area contributed by atoms with Crippen molar-refractivity contribution in [2.75, 3.05) is 11.9 Å². The van der Waals surface area contributed by atoms with Crippen LogP contribution in [0.5, 0.6) is 0 Å². The fourth-order valence-corrected chi connectivity index (χ4v) is 2.94. The first-order valence-electron chi connectivity index (χ1n) is 7.50. The van der Waals surface area contributed by atoms with Crippen molar-refractivity contribution in [2.45, 2.75) is 50.9 Å². The monoisotopic (exact) mass is 274 g/mol. The van der Waals surface area contributed by atoms with E-state index >= 15 is 0 Å². The number of amides is 1. The normalized spacial score (nSPS) is 30.2. The molecule has 0 saturated carbocycles. The van der Waals surface area contributed by atoms with Gasteiger partial charge in [-0.3, -0.25) is 4.79 Å². The molecule has 2 aliphatic heterocycles. The van der Waals surface area contributed by atoms with Gasteiger partial charge in [-0.25, -0.2) is 0 Å². The molecule has 0 aliphatic carbocycles. The first-order chi connectivity index (χ1) is 9.72. The lowest BCUT2D eigenvalue weighted by Crippen LogP contribution is -2.44. The third-order valence-electron chi connectivity index (χ3n) is 4.22. The summed E-state index contributed by atoms with van der Waals surface area (Å²) in [5, 5.41) is 6.40. The molecule has 2 heterocycles. The number of nitrogens with one attached hydrogen (secondary N) is 2. The summed E-state index contributed by atoms with van der Waals surface area (Å²) < 4.78 is 6.03. The van der Waals surface area contributed by atoms with Crippen molar-refractivity contribution in [3.8, 4) is 0 Å². The molecule has 2 N–H and O–H groups in total. The van der Waals surface area contributed by atoms with E-state index in [1.165, 1.54) is 5.56 Å². The molecule has 4 heteroatoms. The van der Waals surface area contributed by atoms with Crippen LogP contribution in [0.3, 0.4) is 0 Å². The van der Waals surface area contributed by atoms with E-state index in [4.69, 9.17) is 4.74 Å². The third kappa shape index (κ3) is 3.02. The Morgan fingerprint density at radius 2 is 2.05 bits per heavy atom. The van der Waals surface area contributed by atoms with Crippen molar-refractivity contribution in [3.05, 3.63) is 29.8 Å². The van der Waals surface area contributed by atoms with Gasteiger partial charge in [-0.05, 0) is 44.2 Å². The number of hydrogen-bond acceptors (Lipinski definition) is 3. The minimum absolute atomic E-state index is 0.00595. The minimum atomic E-state index is -0.331. The zero-order valence-electron chi connectivity index (χ0n) is 11.9. The smallest absolute Gasteiger partial charge is 0.253 e. The SMILES string of the molecule is CC1CCC(OC2CCc3ccccc3NC2=O)CN1. The van der Waals surface area contributed by atoms with Crippen LogP contribution in [0.1, 0.15) is 31.7 Å². The number of benzene rings is 1. The second-order valence-electron chi connectivity index (χ2n) is 5.82. The van der Waals surface area contributed by atoms with Crippen LogP contribution in [0.4, 0.5) is 5.69 Å². The van der Waals surface area contributed by atoms with Crippen molar-refractivity contribution in [2.24, 2.45) is 0 Å². The number of carbonyl (C=O) groups excluding carboxylic acids is 1. The molecule has 1 aromatic carbocycles. The van der Waals surface area contributed by atoms with Gasteiger partial charge in [0, 0.05) is 18.3 Å². The van der Waals surface area contributed by atoms with Crippen LogP contribution in [-0.4, -0.2) is 30.7 Å². The summed E-state index contributed by atoms with van der Waals surface area (Å²) in [6.45, 7) is 3.03. The standard InChI is InChI=1S/C16H22N2O2/c1-11-6-8-13(10-17-11)20-15-9-7-12-4-2-3-5-14(12)18-16(15)19/h2-5,11,13,15,17H,6-10H2,1H3,(H,18,19). The highest BCUT2D eigenvalue weighted by molar-refractivity contribution is 5.95. The number of piperidine rings is 1. The maximum atomic E-state index is 12.3. The number of fused-ring (bicyclic) bond motifs is 1. The van der Waals surface area contributed by atoms with Crippen molar-refractivity contribution in [1.82, 2.24) is 5.32 Å². The van der Waals surface area contributed by atoms with Crippen LogP contribution in [0.2, 0.25) is 0 Å². The van der Waals surface area contributed by atoms with E-state index in [0.717, 1.165) is 37.9 Å². The van der Waals surface area contributed by atoms with E-state index in [0.29, 0.717) is 6.04 Å². The second kappa shape index (κ2) is 5.94. The van der Waals surface area contributed by atoms with Crippen molar-refractivity contribution >= 4 is 11.6 Å². The lowest BCUT2D eigenvalue weighted by atomic mass is 10.0. The Kier molecular flexibility index (Phi) is 4.03. The Morgan fingerprint density at radius 3 is 2.85 bits per heavy atom. The first kappa shape index (κ1) is 13.6. The van der Waals surface area contributed by atoms with Gasteiger partial charge in [0.15, 0.2) is 0 Å². The van der Waals surface area contributed by atoms with Gasteiger partial charge < -0.3 is 15.4 Å². The van der Waals surface area contributed by atoms with Gasteiger partial charge in [-0.1, -0.05) is 18.2 Å². The summed E-state index contributed by atoms with van der Waals surface area (Å²) in [6.07, 6.45) is 3.61. The highest BCUT2D eigenvalue weighted by Crippen LogP contribution is 2.24. The molecule has 1 amide bonds. The minimum Gasteiger partial charge on any atom is -0.364 e. The highest BCUT2D eigenvalue weighted by Gasteiger charge is 2.28. The molecule has 1 aromatic rings. The molecule has 3 unspecified atom stereocenters. The quantitative estimate of drug-likeness (QED) is 0.868. The topological polar surface area (TPSA) is 50.4 Å². The first-order valence-corrected chi connectivity index (χ1v) is 7.50. The van der Waals surface area contributed by atoms with Crippen molar-refractivity contribution < 1.29 is 9.53 Å². The van der Waals surface area contributed by atoms with Crippen LogP contribution in [-0.2, 0) is 16.0 Å². The predicted octanol–water partition coefficient (Wildman–Crippen LogP) is 2.10. The zero-order valence-corrected chi connectivity index (χ0v) is 11.9. The van der Waals surface area contributed by atoms with E-state index in [2.05, 4.69) is 23.6 Å². The van der Waals surface area contributed by atoms with Gasteiger partial charge in [0.25, 0.3) is 5.91 Å². The Labute approximate surface area is 119 Å². The molecule has 3 rings (SSSR count). The van der Waals surface area contributed by atoms with Crippen LogP contribution in [0, 0.1) is 0 Å². The van der Waals surface area contributed by atoms with Crippen LogP contribution in [0.25, 0.3) is 0 Å². The van der Waals surface area contributed by atoms with Gasteiger partial charge in [-0.15, -0.1) is 0 Å². The lowest BCUT2D eigenvalue weighted by molar-refractivity contribution is -0.132. The summed E-state index contributed by atoms with van der Waals surface area (Å²) in [5.74, 6) is -0.00595. The van der Waals surface area contributed by atoms with Crippen molar-refractivity contribution in [3.63, 3.8) is 0 Å². The van der Waals surface area contributed by atoms with Gasteiger partial charge in [0.1, 0.15) is 6.10 Å². The average molecular weight is 274 g/mol. The van der Waals surface area contributed by atoms with E-state index < -0.39 is 0 Å². The van der Waals surface area contributed by atoms with Gasteiger partial charge >= 0.3 is 0 Å². The molecule has 108 valence electrons. The number of hydrogen-bond donors (Lipinski definition) is 2. The summed E-state index contributed by atoms with van der Waals surface area (Å²) in [6, 6.07) is 8.55. The largest absolute Gasteiger partial charge is 0.364 e. The molecule has 4 nitrogen and oxygen atoms in total. The summed E-state index contributed by atoms with van der Waals surface area (Å²) in [5.41, 5.74) is 2.13. The number of anilines is 1. The maximum Gasteiger partial charge on any atom is 0.253 e. The molecule has 1 fully saturated rings. The summed E-state index contributed by atoms with van der Waals surface area (Å²) in [7, 11) is 0. The van der Waals surface area contributed by atoms with E-state index in [1.54, 1.807) is 0 Å². The maximum absolute atomic E-state index is 12.3. The molecule has 20 heavy (non-hydrogen) atoms. The Morgan fingerprint density at radius 1 is 1.20 bits per heavy atom. The molecule has 0 aromatic heterocycles. The van der Waals surface area contributed by atoms with E-state index in [-0.39, 0.29) is 18.1 Å². The lowest BCUT2D eigenvalue weighted by Gasteiger charge is -2.30. The summed E-state index contributed by atoms with van der Waals surface area (Å²) in [4.78, 5) is 12.3. The van der Waals surface area contributed by atoms with Crippen molar-refractivity contribution in [1.29, 1.82) is 0 Å². The van der Waals surface area contributed by atoms with E-state index in [9.17, 15) is 4.79 Å². The molecule has 2 aliphatic rings. The average Bonchev–Trinajstić information content (AvgIpc) is 2.61. The van der Waals surface area contributed by atoms with Crippen LogP contribution >= 0.6 is 0 Å². The molecule has 0 radical (unpaired) electrons. The van der Waals surface area contributed by atoms with Gasteiger partial charge in [0.2, 0.25) is 0 Å². The van der Waals surface area contributed by atoms with Gasteiger partial charge in [0.05, 0.1) is 6.10 Å². The number of ether oxygens (including phenoxy) is 1. The Bertz CT molecular complexity index is 481.